The summed E-state index contributed by atoms with van der Waals surface area (Å²) in [4.78, 5) is 22.4. The number of esters is 1. The highest BCUT2D eigenvalue weighted by molar-refractivity contribution is 7.47. The molecule has 0 aliphatic rings. The van der Waals surface area contributed by atoms with Crippen molar-refractivity contribution >= 4 is 13.8 Å². The zero-order valence-corrected chi connectivity index (χ0v) is 31.8. The lowest BCUT2D eigenvalue weighted by molar-refractivity contribution is -0.870. The Morgan fingerprint density at radius 1 is 0.667 bits per heavy atom. The molecule has 48 heavy (non-hydrogen) atoms. The van der Waals surface area contributed by atoms with E-state index >= 15 is 0 Å². The van der Waals surface area contributed by atoms with Crippen LogP contribution in [0.5, 0.6) is 0 Å². The molecule has 0 spiro atoms. The van der Waals surface area contributed by atoms with Gasteiger partial charge in [0, 0.05) is 13.0 Å². The third kappa shape index (κ3) is 35.3. The van der Waals surface area contributed by atoms with Gasteiger partial charge in [-0.3, -0.25) is 13.8 Å². The van der Waals surface area contributed by atoms with Crippen molar-refractivity contribution in [1.82, 2.24) is 0 Å². The summed E-state index contributed by atoms with van der Waals surface area (Å²) in [6.45, 7) is 5.25. The molecule has 0 aromatic carbocycles. The predicted octanol–water partition coefficient (Wildman–Crippen LogP) is 9.98. The molecule has 1 N–H and O–H groups in total. The summed E-state index contributed by atoms with van der Waals surface area (Å²) in [7, 11) is 1.63. The minimum atomic E-state index is -4.27. The second-order valence-corrected chi connectivity index (χ2v) is 14.3. The molecule has 0 saturated heterocycles. The second-order valence-electron chi connectivity index (χ2n) is 12.9. The third-order valence-electron chi connectivity index (χ3n) is 7.03. The summed E-state index contributed by atoms with van der Waals surface area (Å²) < 4.78 is 34.5. The van der Waals surface area contributed by atoms with Gasteiger partial charge in [-0.15, -0.1) is 0 Å². The maximum Gasteiger partial charge on any atom is 0.472 e. The van der Waals surface area contributed by atoms with Crippen LogP contribution in [0.15, 0.2) is 72.9 Å². The van der Waals surface area contributed by atoms with E-state index < -0.39 is 13.9 Å². The van der Waals surface area contributed by atoms with Gasteiger partial charge in [-0.1, -0.05) is 112 Å². The van der Waals surface area contributed by atoms with Crippen LogP contribution in [0, 0.1) is 0 Å². The Hall–Kier alpha value is -2.06. The van der Waals surface area contributed by atoms with E-state index in [9.17, 15) is 14.3 Å². The van der Waals surface area contributed by atoms with Crippen molar-refractivity contribution in [3.05, 3.63) is 72.9 Å². The summed E-state index contributed by atoms with van der Waals surface area (Å²) in [5, 5.41) is 0. The zero-order valence-electron chi connectivity index (χ0n) is 30.9. The van der Waals surface area contributed by atoms with Gasteiger partial charge in [-0.05, 0) is 64.2 Å². The minimum Gasteiger partial charge on any atom is -0.457 e. The maximum atomic E-state index is 12.3. The first kappa shape index (κ1) is 45.9. The van der Waals surface area contributed by atoms with Gasteiger partial charge in [0.2, 0.25) is 0 Å². The quantitative estimate of drug-likeness (QED) is 0.0246. The molecule has 276 valence electrons. The number of unbranched alkanes of at least 4 members (excludes halogenated alkanes) is 6. The van der Waals surface area contributed by atoms with Gasteiger partial charge < -0.3 is 18.9 Å². The number of phosphoric acid groups is 1. The predicted molar refractivity (Wildman–Crippen MR) is 201 cm³/mol. The van der Waals surface area contributed by atoms with Gasteiger partial charge in [-0.2, -0.15) is 0 Å². The normalized spacial score (nSPS) is 14.9. The van der Waals surface area contributed by atoms with Crippen molar-refractivity contribution in [3.63, 3.8) is 0 Å². The molecule has 0 aliphatic heterocycles. The molecule has 0 heterocycles. The van der Waals surface area contributed by atoms with Crippen LogP contribution in [0.25, 0.3) is 0 Å². The number of carbonyl (C=O) groups excluding carboxylic acids is 1. The van der Waals surface area contributed by atoms with Crippen LogP contribution >= 0.6 is 7.82 Å². The van der Waals surface area contributed by atoms with Crippen LogP contribution in [-0.4, -0.2) is 75.6 Å². The van der Waals surface area contributed by atoms with Gasteiger partial charge in [0.25, 0.3) is 0 Å². The molecular formula is C39H69NO7P+. The lowest BCUT2D eigenvalue weighted by atomic mass is 10.1. The van der Waals surface area contributed by atoms with E-state index in [0.717, 1.165) is 89.9 Å². The second kappa shape index (κ2) is 32.2. The summed E-state index contributed by atoms with van der Waals surface area (Å²) in [5.74, 6) is -0.349. The Morgan fingerprint density at radius 2 is 1.21 bits per heavy atom. The molecule has 0 aromatic rings. The fourth-order valence-electron chi connectivity index (χ4n) is 4.20. The van der Waals surface area contributed by atoms with Crippen molar-refractivity contribution in [2.45, 2.75) is 116 Å². The number of phosphoric ester groups is 1. The summed E-state index contributed by atoms with van der Waals surface area (Å²) in [6, 6.07) is 0. The molecule has 0 radical (unpaired) electrons. The van der Waals surface area contributed by atoms with Crippen LogP contribution in [-0.2, 0) is 27.9 Å². The van der Waals surface area contributed by atoms with Gasteiger partial charge in [-0.25, -0.2) is 4.57 Å². The Balaban J connectivity index is 4.16. The van der Waals surface area contributed by atoms with Gasteiger partial charge in [0.05, 0.1) is 34.4 Å². The zero-order chi connectivity index (χ0) is 35.6. The SMILES string of the molecule is CC/C=C\C/C=C\C/C=C\C/C=C\C/C=C\C/C=C\CCCCCOCC(COP(=O)(O)OCC[N+](C)(C)C)OC(=O)CCCCCC. The molecule has 0 aromatic heterocycles. The highest BCUT2D eigenvalue weighted by Gasteiger charge is 2.26. The smallest absolute Gasteiger partial charge is 0.457 e. The molecule has 0 rings (SSSR count). The van der Waals surface area contributed by atoms with E-state index in [-0.39, 0.29) is 25.8 Å². The average Bonchev–Trinajstić information content (AvgIpc) is 3.03. The van der Waals surface area contributed by atoms with E-state index in [0.29, 0.717) is 24.1 Å². The van der Waals surface area contributed by atoms with E-state index in [2.05, 4.69) is 86.8 Å². The first-order valence-electron chi connectivity index (χ1n) is 18.2. The van der Waals surface area contributed by atoms with Gasteiger partial charge in [0.1, 0.15) is 19.3 Å². The largest absolute Gasteiger partial charge is 0.472 e. The van der Waals surface area contributed by atoms with Gasteiger partial charge >= 0.3 is 13.8 Å². The van der Waals surface area contributed by atoms with Crippen LogP contribution in [0.4, 0.5) is 0 Å². The number of likely N-dealkylation sites (N-methyl/N-ethyl adjacent to an activating group) is 1. The molecule has 8 nitrogen and oxygen atoms in total. The Morgan fingerprint density at radius 3 is 1.75 bits per heavy atom. The van der Waals surface area contributed by atoms with Crippen molar-refractivity contribution < 1.29 is 37.3 Å². The molecule has 0 bridgehead atoms. The topological polar surface area (TPSA) is 91.3 Å². The fourth-order valence-corrected chi connectivity index (χ4v) is 4.94. The van der Waals surface area contributed by atoms with Crippen molar-refractivity contribution in [2.75, 3.05) is 54.1 Å². The first-order valence-corrected chi connectivity index (χ1v) is 19.7. The lowest BCUT2D eigenvalue weighted by Crippen LogP contribution is -2.37. The molecular weight excluding hydrogens is 625 g/mol. The standard InChI is InChI=1S/C39H68NO7P/c1-6-8-10-12-13-14-15-16-17-18-19-20-21-22-23-24-25-26-27-28-29-31-34-44-36-38(47-39(41)32-30-11-9-7-2)37-46-48(42,43)45-35-33-40(3,4)5/h8,10,13-14,16-17,19-20,22-23,25-26,38H,6-7,9,11-12,15,18,21,24,27-37H2,1-5H3/p+1/b10-8-,14-13-,17-16-,20-19-,23-22-,26-25-. The minimum absolute atomic E-state index is 0.0776. The molecule has 2 unspecified atom stereocenters. The van der Waals surface area contributed by atoms with E-state index in [1.165, 1.54) is 0 Å². The summed E-state index contributed by atoms with van der Waals surface area (Å²) >= 11 is 0. The highest BCUT2D eigenvalue weighted by atomic mass is 31.2. The molecule has 9 heteroatoms. The van der Waals surface area contributed by atoms with Crippen LogP contribution in [0.2, 0.25) is 0 Å². The lowest BCUT2D eigenvalue weighted by Gasteiger charge is -2.24. The Bertz CT molecular complexity index is 995. The molecule has 2 atom stereocenters. The van der Waals surface area contributed by atoms with E-state index in [4.69, 9.17) is 18.5 Å². The van der Waals surface area contributed by atoms with E-state index in [1.807, 2.05) is 21.1 Å². The maximum absolute atomic E-state index is 12.3. The third-order valence-corrected chi connectivity index (χ3v) is 8.02. The molecule has 0 saturated carbocycles. The fraction of sp³-hybridized carbons (Fsp3) is 0.667. The van der Waals surface area contributed by atoms with E-state index in [1.54, 1.807) is 0 Å². The van der Waals surface area contributed by atoms with Crippen LogP contribution in [0.1, 0.15) is 110 Å². The molecule has 0 aliphatic carbocycles. The summed E-state index contributed by atoms with van der Waals surface area (Å²) in [6.07, 6.45) is 39.9. The number of ether oxygens (including phenoxy) is 2. The van der Waals surface area contributed by atoms with Crippen LogP contribution in [0.3, 0.4) is 0 Å². The molecule has 0 amide bonds. The Kier molecular flexibility index (Phi) is 30.8. The first-order chi connectivity index (χ1) is 23.1. The number of quaternary nitrogens is 1. The highest BCUT2D eigenvalue weighted by Crippen LogP contribution is 2.43. The number of rotatable bonds is 32. The molecule has 0 fully saturated rings. The van der Waals surface area contributed by atoms with Crippen molar-refractivity contribution in [1.29, 1.82) is 0 Å². The summed E-state index contributed by atoms with van der Waals surface area (Å²) in [5.41, 5.74) is 0. The average molecular weight is 695 g/mol. The Labute approximate surface area is 293 Å². The number of hydrogen-bond acceptors (Lipinski definition) is 6. The monoisotopic (exact) mass is 694 g/mol. The number of nitrogens with zero attached hydrogens (tertiary/aromatic N) is 1. The van der Waals surface area contributed by atoms with Gasteiger partial charge in [0.15, 0.2) is 0 Å². The number of carbonyl (C=O) groups is 1. The van der Waals surface area contributed by atoms with Crippen molar-refractivity contribution in [2.24, 2.45) is 0 Å². The van der Waals surface area contributed by atoms with Crippen LogP contribution < -0.4 is 0 Å². The van der Waals surface area contributed by atoms with Crippen molar-refractivity contribution in [3.8, 4) is 0 Å². The number of hydrogen-bond donors (Lipinski definition) is 1. The number of allylic oxidation sites excluding steroid dienone is 12.